The molecule has 0 fully saturated rings. The number of halogens is 3. The SMILES string of the molecule is Cc1ncc(N(C)S(C)(=O)=O)cc1CNc1nc(Nc2ccc3c(c2)CC(=O)N3)ncc1C(F)(F)F. The van der Waals surface area contributed by atoms with Crippen molar-refractivity contribution in [1.82, 2.24) is 15.0 Å². The minimum Gasteiger partial charge on any atom is -0.365 e. The Balaban J connectivity index is 1.60. The minimum atomic E-state index is -4.72. The Labute approximate surface area is 205 Å². The summed E-state index contributed by atoms with van der Waals surface area (Å²) in [5.74, 6) is -0.682. The summed E-state index contributed by atoms with van der Waals surface area (Å²) in [5.41, 5.74) is 2.13. The van der Waals surface area contributed by atoms with E-state index in [1.165, 1.54) is 19.3 Å². The summed E-state index contributed by atoms with van der Waals surface area (Å²) in [6, 6.07) is 6.56. The molecule has 10 nitrogen and oxygen atoms in total. The highest BCUT2D eigenvalue weighted by atomic mass is 32.2. The molecule has 0 atom stereocenters. The summed E-state index contributed by atoms with van der Waals surface area (Å²) in [4.78, 5) is 23.5. The average molecular weight is 522 g/mol. The lowest BCUT2D eigenvalue weighted by Gasteiger charge is -2.19. The van der Waals surface area contributed by atoms with Crippen LogP contribution in [0.15, 0.2) is 36.7 Å². The maximum absolute atomic E-state index is 13.6. The van der Waals surface area contributed by atoms with Crippen LogP contribution in [0.1, 0.15) is 22.4 Å². The molecule has 0 aliphatic carbocycles. The number of benzene rings is 1. The Morgan fingerprint density at radius 1 is 1.17 bits per heavy atom. The number of hydrogen-bond donors (Lipinski definition) is 3. The lowest BCUT2D eigenvalue weighted by molar-refractivity contribution is -0.137. The van der Waals surface area contributed by atoms with Gasteiger partial charge >= 0.3 is 6.18 Å². The van der Waals surface area contributed by atoms with Crippen LogP contribution in [0.25, 0.3) is 0 Å². The molecule has 0 spiro atoms. The van der Waals surface area contributed by atoms with Gasteiger partial charge in [0.2, 0.25) is 21.9 Å². The highest BCUT2D eigenvalue weighted by Crippen LogP contribution is 2.35. The van der Waals surface area contributed by atoms with Crippen molar-refractivity contribution in [3.8, 4) is 0 Å². The van der Waals surface area contributed by atoms with Crippen molar-refractivity contribution in [1.29, 1.82) is 0 Å². The number of nitrogens with zero attached hydrogens (tertiary/aromatic N) is 4. The van der Waals surface area contributed by atoms with Gasteiger partial charge in [0.15, 0.2) is 0 Å². The maximum atomic E-state index is 13.6. The van der Waals surface area contributed by atoms with Crippen molar-refractivity contribution in [2.75, 3.05) is 33.6 Å². The largest absolute Gasteiger partial charge is 0.421 e. The standard InChI is InChI=1S/C22H22F3N7O3S/c1-12-14(7-16(10-26-12)32(2)36(3,34)35)9-27-20-17(22(23,24)25)11-28-21(31-20)29-15-4-5-18-13(6-15)8-19(33)30-18/h4-7,10-11H,8-9H2,1-3H3,(H,30,33)(H2,27,28,29,31). The van der Waals surface area contributed by atoms with Crippen molar-refractivity contribution in [3.05, 3.63) is 59.0 Å². The summed E-state index contributed by atoms with van der Waals surface area (Å²) in [7, 11) is -2.19. The first-order chi connectivity index (χ1) is 16.8. The molecule has 3 N–H and O–H groups in total. The van der Waals surface area contributed by atoms with E-state index in [-0.39, 0.29) is 30.5 Å². The highest BCUT2D eigenvalue weighted by molar-refractivity contribution is 7.92. The van der Waals surface area contributed by atoms with E-state index in [0.29, 0.717) is 28.8 Å². The number of amides is 1. The van der Waals surface area contributed by atoms with Crippen LogP contribution in [0.4, 0.5) is 42.0 Å². The van der Waals surface area contributed by atoms with Gasteiger partial charge in [0.1, 0.15) is 11.4 Å². The quantitative estimate of drug-likeness (QED) is 0.431. The third-order valence-corrected chi connectivity index (χ3v) is 6.77. The first-order valence-corrected chi connectivity index (χ1v) is 12.4. The molecule has 36 heavy (non-hydrogen) atoms. The number of pyridine rings is 1. The van der Waals surface area contributed by atoms with E-state index in [1.807, 2.05) is 0 Å². The van der Waals surface area contributed by atoms with Crippen molar-refractivity contribution >= 4 is 44.8 Å². The molecule has 0 saturated heterocycles. The highest BCUT2D eigenvalue weighted by Gasteiger charge is 2.35. The third-order valence-electron chi connectivity index (χ3n) is 5.57. The Hall–Kier alpha value is -3.94. The fourth-order valence-electron chi connectivity index (χ4n) is 3.51. The van der Waals surface area contributed by atoms with Gasteiger partial charge in [0, 0.05) is 36.9 Å². The summed E-state index contributed by atoms with van der Waals surface area (Å²) < 4.78 is 65.6. The number of sulfonamides is 1. The molecule has 1 aliphatic rings. The average Bonchev–Trinajstić information content (AvgIpc) is 3.16. The van der Waals surface area contributed by atoms with E-state index in [0.717, 1.165) is 16.1 Å². The number of alkyl halides is 3. The monoisotopic (exact) mass is 521 g/mol. The zero-order valence-corrected chi connectivity index (χ0v) is 20.3. The second kappa shape index (κ2) is 9.26. The fraction of sp³-hybridized carbons (Fsp3) is 0.273. The van der Waals surface area contributed by atoms with Gasteiger partial charge in [-0.2, -0.15) is 18.2 Å². The number of nitrogens with one attached hydrogen (secondary N) is 3. The predicted octanol–water partition coefficient (Wildman–Crippen LogP) is 3.44. The Bertz CT molecular complexity index is 1450. The molecule has 0 bridgehead atoms. The molecule has 3 heterocycles. The van der Waals surface area contributed by atoms with Gasteiger partial charge in [-0.1, -0.05) is 0 Å². The van der Waals surface area contributed by atoms with Gasteiger partial charge in [-0.15, -0.1) is 0 Å². The molecule has 1 aromatic carbocycles. The van der Waals surface area contributed by atoms with Crippen molar-refractivity contribution in [3.63, 3.8) is 0 Å². The molecule has 3 aromatic rings. The van der Waals surface area contributed by atoms with Crippen molar-refractivity contribution in [2.45, 2.75) is 26.1 Å². The number of hydrogen-bond acceptors (Lipinski definition) is 8. The fourth-order valence-corrected chi connectivity index (χ4v) is 3.99. The van der Waals surface area contributed by atoms with Crippen LogP contribution >= 0.6 is 0 Å². The van der Waals surface area contributed by atoms with Crippen LogP contribution in [0, 0.1) is 6.92 Å². The van der Waals surface area contributed by atoms with E-state index in [9.17, 15) is 26.4 Å². The van der Waals surface area contributed by atoms with Gasteiger partial charge < -0.3 is 16.0 Å². The number of aromatic nitrogens is 3. The summed E-state index contributed by atoms with van der Waals surface area (Å²) >= 11 is 0. The molecule has 2 aromatic heterocycles. The second-order valence-electron chi connectivity index (χ2n) is 8.20. The molecule has 0 unspecified atom stereocenters. The number of anilines is 5. The minimum absolute atomic E-state index is 0.0804. The number of aryl methyl sites for hydroxylation is 1. The molecular formula is C22H22F3N7O3S. The van der Waals surface area contributed by atoms with E-state index >= 15 is 0 Å². The van der Waals surface area contributed by atoms with Crippen molar-refractivity contribution in [2.24, 2.45) is 0 Å². The van der Waals surface area contributed by atoms with Gasteiger partial charge in [0.25, 0.3) is 0 Å². The smallest absolute Gasteiger partial charge is 0.365 e. The van der Waals surface area contributed by atoms with Gasteiger partial charge in [0.05, 0.1) is 24.6 Å². The van der Waals surface area contributed by atoms with E-state index in [1.54, 1.807) is 25.1 Å². The van der Waals surface area contributed by atoms with E-state index < -0.39 is 27.6 Å². The summed E-state index contributed by atoms with van der Waals surface area (Å²) in [5, 5.41) is 8.25. The first kappa shape index (κ1) is 25.2. The molecule has 1 aliphatic heterocycles. The van der Waals surface area contributed by atoms with Crippen LogP contribution in [0.5, 0.6) is 0 Å². The second-order valence-corrected chi connectivity index (χ2v) is 10.2. The van der Waals surface area contributed by atoms with Crippen LogP contribution < -0.4 is 20.3 Å². The van der Waals surface area contributed by atoms with Gasteiger partial charge in [-0.3, -0.25) is 14.1 Å². The first-order valence-electron chi connectivity index (χ1n) is 10.6. The van der Waals surface area contributed by atoms with E-state index in [2.05, 4.69) is 30.9 Å². The molecule has 14 heteroatoms. The Morgan fingerprint density at radius 3 is 2.61 bits per heavy atom. The normalized spacial score (nSPS) is 13.2. The number of fused-ring (bicyclic) bond motifs is 1. The zero-order chi connectivity index (χ0) is 26.3. The van der Waals surface area contributed by atoms with Gasteiger partial charge in [-0.25, -0.2) is 13.4 Å². The maximum Gasteiger partial charge on any atom is 0.421 e. The molecule has 0 radical (unpaired) electrons. The number of rotatable bonds is 7. The molecule has 190 valence electrons. The Morgan fingerprint density at radius 2 is 1.92 bits per heavy atom. The molecule has 4 rings (SSSR count). The number of carbonyl (C=O) groups excluding carboxylic acids is 1. The third kappa shape index (κ3) is 5.48. The lowest BCUT2D eigenvalue weighted by atomic mass is 10.1. The lowest BCUT2D eigenvalue weighted by Crippen LogP contribution is -2.25. The molecule has 0 saturated carbocycles. The molecule has 1 amide bonds. The molecular weight excluding hydrogens is 499 g/mol. The number of carbonyl (C=O) groups is 1. The Kier molecular flexibility index (Phi) is 6.47. The van der Waals surface area contributed by atoms with E-state index in [4.69, 9.17) is 0 Å². The van der Waals surface area contributed by atoms with Gasteiger partial charge in [-0.05, 0) is 42.3 Å². The summed E-state index contributed by atoms with van der Waals surface area (Å²) in [6.45, 7) is 1.56. The predicted molar refractivity (Wildman–Crippen MR) is 129 cm³/mol. The van der Waals surface area contributed by atoms with Crippen molar-refractivity contribution < 1.29 is 26.4 Å². The van der Waals surface area contributed by atoms with Crippen LogP contribution in [-0.4, -0.2) is 42.6 Å². The summed E-state index contributed by atoms with van der Waals surface area (Å²) in [6.07, 6.45) is -1.44. The zero-order valence-electron chi connectivity index (χ0n) is 19.4. The van der Waals surface area contributed by atoms with Crippen LogP contribution in [0.3, 0.4) is 0 Å². The topological polar surface area (TPSA) is 129 Å². The van der Waals surface area contributed by atoms with Crippen LogP contribution in [-0.2, 0) is 34.0 Å². The van der Waals surface area contributed by atoms with Crippen LogP contribution in [0.2, 0.25) is 0 Å².